The van der Waals surface area contributed by atoms with Crippen molar-refractivity contribution in [1.82, 2.24) is 0 Å². The van der Waals surface area contributed by atoms with Gasteiger partial charge in [0.15, 0.2) is 0 Å². The number of hydrogen-bond acceptors (Lipinski definition) is 0. The predicted molar refractivity (Wildman–Crippen MR) is 192 cm³/mol. The second-order valence-corrected chi connectivity index (χ2v) is 18.2. The van der Waals surface area contributed by atoms with E-state index >= 15 is 0 Å². The van der Waals surface area contributed by atoms with Crippen molar-refractivity contribution in [3.8, 4) is 33.4 Å². The molecule has 0 nitrogen and oxygen atoms in total. The van der Waals surface area contributed by atoms with Crippen molar-refractivity contribution < 1.29 is 48.0 Å². The van der Waals surface area contributed by atoms with Gasteiger partial charge in [0.25, 0.3) is 0 Å². The maximum atomic E-state index is 2.65. The van der Waals surface area contributed by atoms with Gasteiger partial charge in [0.05, 0.1) is 0 Å². The Balaban J connectivity index is 0.00000250. The zero-order valence-electron chi connectivity index (χ0n) is 30.0. The fourth-order valence-electron chi connectivity index (χ4n) is 8.06. The molecular formula is C44H50Cl2Zr. The normalized spacial score (nSPS) is 14.8. The Hall–Kier alpha value is -2.18. The SMILES string of the molecule is CCCCC1C=C(C(C)(C)C)C=[C]1[Zr+2][c]1c(-c2c(C)cc(C)cc2C)ccc2c1Cc1cc(-c3c(C)cc(C)cc3C)ccc1-2.[Cl-].[Cl-]. The molecule has 2 aliphatic carbocycles. The van der Waals surface area contributed by atoms with Gasteiger partial charge < -0.3 is 24.8 Å². The molecule has 4 aromatic rings. The number of hydrogen-bond donors (Lipinski definition) is 0. The summed E-state index contributed by atoms with van der Waals surface area (Å²) in [4.78, 5) is 0. The molecule has 4 aromatic carbocycles. The summed E-state index contributed by atoms with van der Waals surface area (Å²) < 4.78 is 3.49. The first-order valence-electron chi connectivity index (χ1n) is 17.0. The van der Waals surface area contributed by atoms with Crippen molar-refractivity contribution in [3.05, 3.63) is 120 Å². The van der Waals surface area contributed by atoms with E-state index in [1.54, 1.807) is 17.7 Å². The van der Waals surface area contributed by atoms with Crippen molar-refractivity contribution in [3.63, 3.8) is 0 Å². The fraction of sp³-hybridized carbons (Fsp3) is 0.364. The second-order valence-electron chi connectivity index (χ2n) is 15.0. The van der Waals surface area contributed by atoms with Crippen LogP contribution in [0.3, 0.4) is 0 Å². The van der Waals surface area contributed by atoms with Crippen LogP contribution in [0.2, 0.25) is 0 Å². The Morgan fingerprint density at radius 2 is 1.26 bits per heavy atom. The molecular weight excluding hydrogens is 691 g/mol. The molecule has 0 spiro atoms. The van der Waals surface area contributed by atoms with E-state index in [9.17, 15) is 0 Å². The van der Waals surface area contributed by atoms with E-state index in [0.29, 0.717) is 5.92 Å². The zero-order valence-corrected chi connectivity index (χ0v) is 34.0. The van der Waals surface area contributed by atoms with Crippen LogP contribution in [0.4, 0.5) is 0 Å². The van der Waals surface area contributed by atoms with Crippen molar-refractivity contribution in [2.24, 2.45) is 11.3 Å². The molecule has 0 radical (unpaired) electrons. The van der Waals surface area contributed by atoms with Gasteiger partial charge in [0.2, 0.25) is 0 Å². The third-order valence-electron chi connectivity index (χ3n) is 10.1. The van der Waals surface area contributed by atoms with E-state index in [0.717, 1.165) is 6.42 Å². The van der Waals surface area contributed by atoms with Gasteiger partial charge in [0, 0.05) is 0 Å². The minimum Gasteiger partial charge on any atom is -1.00 e. The Bertz CT molecular complexity index is 1840. The smallest absolute Gasteiger partial charge is 1.00 e. The van der Waals surface area contributed by atoms with Crippen LogP contribution in [-0.4, -0.2) is 0 Å². The molecule has 0 saturated carbocycles. The quantitative estimate of drug-likeness (QED) is 0.197. The van der Waals surface area contributed by atoms with Crippen molar-refractivity contribution >= 4 is 3.27 Å². The van der Waals surface area contributed by atoms with Crippen molar-refractivity contribution in [2.75, 3.05) is 0 Å². The molecule has 2 aliphatic rings. The average molecular weight is 741 g/mol. The minimum absolute atomic E-state index is 0. The summed E-state index contributed by atoms with van der Waals surface area (Å²) in [7, 11) is 0. The van der Waals surface area contributed by atoms with E-state index in [1.165, 1.54) is 91.6 Å². The Morgan fingerprint density at radius 1 is 0.702 bits per heavy atom. The number of halogens is 2. The first-order valence-corrected chi connectivity index (χ1v) is 19.5. The molecule has 0 aromatic heterocycles. The number of allylic oxidation sites excluding steroid dienone is 4. The van der Waals surface area contributed by atoms with E-state index in [-0.39, 0.29) is 30.2 Å². The molecule has 6 rings (SSSR count). The Kier molecular flexibility index (Phi) is 11.8. The van der Waals surface area contributed by atoms with E-state index in [2.05, 4.69) is 136 Å². The summed E-state index contributed by atoms with van der Waals surface area (Å²) in [6.07, 6.45) is 10.2. The van der Waals surface area contributed by atoms with Crippen LogP contribution in [-0.2, 0) is 29.7 Å². The van der Waals surface area contributed by atoms with E-state index < -0.39 is 23.2 Å². The van der Waals surface area contributed by atoms with Crippen molar-refractivity contribution in [2.45, 2.75) is 94.9 Å². The minimum atomic E-state index is -1.11. The average Bonchev–Trinajstić information content (AvgIpc) is 3.53. The van der Waals surface area contributed by atoms with Crippen LogP contribution in [0, 0.1) is 52.9 Å². The van der Waals surface area contributed by atoms with Crippen LogP contribution in [0.5, 0.6) is 0 Å². The van der Waals surface area contributed by atoms with E-state index in [4.69, 9.17) is 0 Å². The summed E-state index contributed by atoms with van der Waals surface area (Å²) in [5, 5.41) is 0. The van der Waals surface area contributed by atoms with Gasteiger partial charge in [0.1, 0.15) is 0 Å². The molecule has 244 valence electrons. The number of aryl methyl sites for hydroxylation is 6. The van der Waals surface area contributed by atoms with Crippen LogP contribution in [0.1, 0.15) is 91.5 Å². The molecule has 1 atom stereocenters. The number of unbranched alkanes of at least 4 members (excludes halogenated alkanes) is 1. The number of rotatable bonds is 7. The second kappa shape index (κ2) is 14.7. The third-order valence-corrected chi connectivity index (χ3v) is 14.1. The summed E-state index contributed by atoms with van der Waals surface area (Å²) >= 11 is -1.11. The van der Waals surface area contributed by atoms with Crippen LogP contribution < -0.4 is 28.1 Å². The van der Waals surface area contributed by atoms with Gasteiger partial charge in [-0.2, -0.15) is 0 Å². The first-order chi connectivity index (χ1) is 21.3. The van der Waals surface area contributed by atoms with Crippen LogP contribution in [0.25, 0.3) is 33.4 Å². The predicted octanol–water partition coefficient (Wildman–Crippen LogP) is 5.83. The summed E-state index contributed by atoms with van der Waals surface area (Å²) in [5.41, 5.74) is 21.8. The van der Waals surface area contributed by atoms with Gasteiger partial charge in [-0.3, -0.25) is 0 Å². The molecule has 1 unspecified atom stereocenters. The molecule has 3 heteroatoms. The maximum absolute atomic E-state index is 2.65. The topological polar surface area (TPSA) is 0 Å². The Labute approximate surface area is 309 Å². The van der Waals surface area contributed by atoms with E-state index in [1.807, 2.05) is 0 Å². The van der Waals surface area contributed by atoms with Gasteiger partial charge >= 0.3 is 286 Å². The van der Waals surface area contributed by atoms with Crippen LogP contribution in [0.15, 0.2) is 75.6 Å². The monoisotopic (exact) mass is 738 g/mol. The first kappa shape index (κ1) is 37.6. The molecule has 0 bridgehead atoms. The standard InChI is InChI=1S/C31H29.C13H21.2ClH.Zr/c1-18-11-20(3)30(21(4)12-18)24-7-9-28-26(15-24)17-27-16-25(8-10-29(27)28)31-22(5)13-19(2)14-23(31)6;1-5-6-7-11-8-9-12(10-11)13(2,3)4;;;/h7-15H,17H2,1-6H3;9-11H,5-7H2,1-4H3;2*1H;/q;;;;+2/p-2. The van der Waals surface area contributed by atoms with Gasteiger partial charge in [-0.15, -0.1) is 0 Å². The number of fused-ring (bicyclic) bond motifs is 3. The zero-order chi connectivity index (χ0) is 32.2. The summed E-state index contributed by atoms with van der Waals surface area (Å²) in [6.45, 7) is 23.1. The van der Waals surface area contributed by atoms with Gasteiger partial charge in [-0.1, -0.05) is 0 Å². The molecule has 0 amide bonds. The molecule has 0 saturated heterocycles. The maximum Gasteiger partial charge on any atom is -1.00 e. The largest absolute Gasteiger partial charge is 1.00 e. The van der Waals surface area contributed by atoms with Gasteiger partial charge in [-0.05, 0) is 0 Å². The van der Waals surface area contributed by atoms with Crippen molar-refractivity contribution in [1.29, 1.82) is 0 Å². The molecule has 0 heterocycles. The molecule has 47 heavy (non-hydrogen) atoms. The summed E-state index contributed by atoms with van der Waals surface area (Å²) in [6, 6.07) is 21.7. The third kappa shape index (κ3) is 7.39. The van der Waals surface area contributed by atoms with Crippen LogP contribution >= 0.6 is 0 Å². The molecule has 0 aliphatic heterocycles. The Morgan fingerprint density at radius 3 is 1.83 bits per heavy atom. The fourth-order valence-corrected chi connectivity index (χ4v) is 12.1. The number of benzene rings is 4. The van der Waals surface area contributed by atoms with Gasteiger partial charge in [-0.25, -0.2) is 0 Å². The molecule has 0 N–H and O–H groups in total. The molecule has 0 fully saturated rings. The summed E-state index contributed by atoms with van der Waals surface area (Å²) in [5.74, 6) is 0.609.